The van der Waals surface area contributed by atoms with Crippen molar-refractivity contribution >= 4 is 11.8 Å². The molecule has 2 N–H and O–H groups in total. The average Bonchev–Trinajstić information content (AvgIpc) is 2.87. The third-order valence-corrected chi connectivity index (χ3v) is 5.21. The first-order valence-electron chi connectivity index (χ1n) is 10.0. The van der Waals surface area contributed by atoms with Gasteiger partial charge < -0.3 is 10.2 Å². The van der Waals surface area contributed by atoms with Crippen LogP contribution in [-0.4, -0.2) is 28.1 Å². The number of hydrogen-bond donors (Lipinski definition) is 2. The van der Waals surface area contributed by atoms with Crippen molar-refractivity contribution in [2.24, 2.45) is 17.3 Å². The summed E-state index contributed by atoms with van der Waals surface area (Å²) < 4.78 is 0. The second kappa shape index (κ2) is 11.3. The standard InChI is InChI=1S/C22H36O4/c1-4-9-18(23)11-6-5-10-17-13-14-20(24)19(17)12-7-8-15-22(2,3)16-21(25)26/h5,10,13-14,17-19,23H,4,6-9,11-12,15-16H2,1-3H3,(H,25,26)/b10-5+/t17-,18?,19+/m0/s1. The van der Waals surface area contributed by atoms with Crippen LogP contribution in [0.4, 0.5) is 0 Å². The molecule has 0 aliphatic heterocycles. The van der Waals surface area contributed by atoms with Gasteiger partial charge in [0.05, 0.1) is 12.5 Å². The third kappa shape index (κ3) is 8.79. The first kappa shape index (κ1) is 22.6. The molecule has 0 aromatic carbocycles. The molecule has 3 atom stereocenters. The van der Waals surface area contributed by atoms with Crippen LogP contribution in [0.25, 0.3) is 0 Å². The van der Waals surface area contributed by atoms with Gasteiger partial charge in [0.15, 0.2) is 5.78 Å². The van der Waals surface area contributed by atoms with E-state index in [1.54, 1.807) is 6.08 Å². The molecule has 0 amide bonds. The Balaban J connectivity index is 2.35. The Morgan fingerprint density at radius 3 is 2.69 bits per heavy atom. The van der Waals surface area contributed by atoms with Crippen LogP contribution in [0.1, 0.15) is 78.6 Å². The first-order valence-corrected chi connectivity index (χ1v) is 10.0. The Bertz CT molecular complexity index is 504. The van der Waals surface area contributed by atoms with Crippen LogP contribution < -0.4 is 0 Å². The van der Waals surface area contributed by atoms with Gasteiger partial charge in [0.1, 0.15) is 0 Å². The van der Waals surface area contributed by atoms with Crippen molar-refractivity contribution in [3.63, 3.8) is 0 Å². The number of hydrogen-bond acceptors (Lipinski definition) is 3. The molecule has 0 saturated carbocycles. The van der Waals surface area contributed by atoms with E-state index in [4.69, 9.17) is 5.11 Å². The molecule has 1 unspecified atom stereocenters. The summed E-state index contributed by atoms with van der Waals surface area (Å²) in [6.45, 7) is 6.05. The SMILES string of the molecule is CCCC(O)CC/C=C/[C@H]1C=CC(=O)[C@@H]1CCCCC(C)(C)CC(=O)O. The lowest BCUT2D eigenvalue weighted by molar-refractivity contribution is -0.139. The van der Waals surface area contributed by atoms with E-state index in [0.29, 0.717) is 0 Å². The van der Waals surface area contributed by atoms with E-state index in [2.05, 4.69) is 19.1 Å². The number of carboxylic acid groups (broad SMARTS) is 1. The van der Waals surface area contributed by atoms with Crippen LogP contribution >= 0.6 is 0 Å². The first-order chi connectivity index (χ1) is 12.2. The zero-order chi connectivity index (χ0) is 19.6. The number of carboxylic acids is 1. The number of aliphatic hydroxyl groups excluding tert-OH is 1. The Morgan fingerprint density at radius 1 is 1.31 bits per heavy atom. The highest BCUT2D eigenvalue weighted by Gasteiger charge is 2.28. The van der Waals surface area contributed by atoms with Crippen LogP contribution in [0.2, 0.25) is 0 Å². The predicted molar refractivity (Wildman–Crippen MR) is 105 cm³/mol. The van der Waals surface area contributed by atoms with Crippen LogP contribution in [0.5, 0.6) is 0 Å². The number of carbonyl (C=O) groups excluding carboxylic acids is 1. The molecule has 0 radical (unpaired) electrons. The summed E-state index contributed by atoms with van der Waals surface area (Å²) in [5.41, 5.74) is -0.192. The molecule has 1 rings (SSSR count). The van der Waals surface area contributed by atoms with E-state index in [9.17, 15) is 14.7 Å². The van der Waals surface area contributed by atoms with E-state index >= 15 is 0 Å². The number of carbonyl (C=O) groups is 2. The van der Waals surface area contributed by atoms with E-state index in [1.165, 1.54) is 0 Å². The van der Waals surface area contributed by atoms with E-state index in [-0.39, 0.29) is 35.6 Å². The predicted octanol–water partition coefficient (Wildman–Crippen LogP) is 4.92. The summed E-state index contributed by atoms with van der Waals surface area (Å²) in [6, 6.07) is 0. The van der Waals surface area contributed by atoms with Crippen molar-refractivity contribution in [2.45, 2.75) is 84.7 Å². The van der Waals surface area contributed by atoms with Gasteiger partial charge in [0.2, 0.25) is 0 Å². The van der Waals surface area contributed by atoms with Crippen molar-refractivity contribution < 1.29 is 19.8 Å². The van der Waals surface area contributed by atoms with Gasteiger partial charge in [0, 0.05) is 11.8 Å². The normalized spacial score (nSPS) is 21.6. The highest BCUT2D eigenvalue weighted by atomic mass is 16.4. The molecule has 0 saturated heterocycles. The molecule has 4 heteroatoms. The lowest BCUT2D eigenvalue weighted by atomic mass is 9.82. The minimum Gasteiger partial charge on any atom is -0.481 e. The van der Waals surface area contributed by atoms with Crippen molar-refractivity contribution in [2.75, 3.05) is 0 Å². The summed E-state index contributed by atoms with van der Waals surface area (Å²) in [4.78, 5) is 23.0. The highest BCUT2D eigenvalue weighted by molar-refractivity contribution is 5.94. The molecule has 0 heterocycles. The molecule has 1 aliphatic carbocycles. The fraction of sp³-hybridized carbons (Fsp3) is 0.727. The van der Waals surface area contributed by atoms with Gasteiger partial charge >= 0.3 is 5.97 Å². The van der Waals surface area contributed by atoms with Gasteiger partial charge in [-0.1, -0.05) is 58.3 Å². The molecule has 0 fully saturated rings. The van der Waals surface area contributed by atoms with Crippen molar-refractivity contribution in [3.8, 4) is 0 Å². The molecule has 26 heavy (non-hydrogen) atoms. The minimum absolute atomic E-state index is 0.0226. The number of ketones is 1. The minimum atomic E-state index is -0.751. The highest BCUT2D eigenvalue weighted by Crippen LogP contribution is 2.32. The molecule has 1 aliphatic rings. The average molecular weight is 365 g/mol. The van der Waals surface area contributed by atoms with Gasteiger partial charge in [0.25, 0.3) is 0 Å². The maximum Gasteiger partial charge on any atom is 0.303 e. The summed E-state index contributed by atoms with van der Waals surface area (Å²) in [7, 11) is 0. The largest absolute Gasteiger partial charge is 0.481 e. The van der Waals surface area contributed by atoms with Crippen LogP contribution in [0.15, 0.2) is 24.3 Å². The molecular weight excluding hydrogens is 328 g/mol. The van der Waals surface area contributed by atoms with Gasteiger partial charge in [-0.3, -0.25) is 9.59 Å². The third-order valence-electron chi connectivity index (χ3n) is 5.21. The quantitative estimate of drug-likeness (QED) is 0.359. The van der Waals surface area contributed by atoms with Crippen LogP contribution in [-0.2, 0) is 9.59 Å². The van der Waals surface area contributed by atoms with Gasteiger partial charge in [-0.25, -0.2) is 0 Å². The fourth-order valence-corrected chi connectivity index (χ4v) is 3.67. The molecular formula is C22H36O4. The maximum absolute atomic E-state index is 12.1. The monoisotopic (exact) mass is 364 g/mol. The second-order valence-electron chi connectivity index (χ2n) is 8.37. The zero-order valence-electron chi connectivity index (χ0n) is 16.6. The fourth-order valence-electron chi connectivity index (χ4n) is 3.67. The lowest BCUT2D eigenvalue weighted by Crippen LogP contribution is -2.17. The molecule has 0 spiro atoms. The van der Waals surface area contributed by atoms with Gasteiger partial charge in [-0.05, 0) is 43.6 Å². The number of aliphatic carboxylic acids is 1. The second-order valence-corrected chi connectivity index (χ2v) is 8.37. The number of unbranched alkanes of at least 4 members (excludes halogenated alkanes) is 1. The van der Waals surface area contributed by atoms with Crippen molar-refractivity contribution in [1.82, 2.24) is 0 Å². The summed E-state index contributed by atoms with van der Waals surface area (Å²) in [5, 5.41) is 18.7. The molecule has 0 bridgehead atoms. The molecule has 4 nitrogen and oxygen atoms in total. The van der Waals surface area contributed by atoms with E-state index in [0.717, 1.165) is 51.4 Å². The molecule has 0 aromatic heterocycles. The number of rotatable bonds is 13. The Hall–Kier alpha value is -1.42. The Kier molecular flexibility index (Phi) is 9.85. The van der Waals surface area contributed by atoms with Gasteiger partial charge in [-0.15, -0.1) is 0 Å². The van der Waals surface area contributed by atoms with E-state index < -0.39 is 5.97 Å². The van der Waals surface area contributed by atoms with E-state index in [1.807, 2.05) is 19.9 Å². The number of aliphatic hydroxyl groups is 1. The Labute approximate surface area is 158 Å². The van der Waals surface area contributed by atoms with Crippen molar-refractivity contribution in [1.29, 1.82) is 0 Å². The molecule has 0 aromatic rings. The van der Waals surface area contributed by atoms with Crippen LogP contribution in [0.3, 0.4) is 0 Å². The Morgan fingerprint density at radius 2 is 2.04 bits per heavy atom. The summed E-state index contributed by atoms with van der Waals surface area (Å²) in [5.74, 6) is -0.359. The van der Waals surface area contributed by atoms with Crippen LogP contribution in [0, 0.1) is 17.3 Å². The van der Waals surface area contributed by atoms with Gasteiger partial charge in [-0.2, -0.15) is 0 Å². The topological polar surface area (TPSA) is 74.6 Å². The lowest BCUT2D eigenvalue weighted by Gasteiger charge is -2.22. The summed E-state index contributed by atoms with van der Waals surface area (Å²) >= 11 is 0. The maximum atomic E-state index is 12.1. The summed E-state index contributed by atoms with van der Waals surface area (Å²) in [6.07, 6.45) is 14.9. The zero-order valence-corrected chi connectivity index (χ0v) is 16.6. The molecule has 148 valence electrons. The number of allylic oxidation sites excluding steroid dienone is 4. The smallest absolute Gasteiger partial charge is 0.303 e. The van der Waals surface area contributed by atoms with Crippen molar-refractivity contribution in [3.05, 3.63) is 24.3 Å².